The van der Waals surface area contributed by atoms with Crippen LogP contribution in [0.1, 0.15) is 52.4 Å². The monoisotopic (exact) mass is 367 g/mol. The zero-order valence-corrected chi connectivity index (χ0v) is 15.7. The molecule has 2 aliphatic rings. The molecule has 0 radical (unpaired) electrons. The molecule has 134 valence electrons. The third-order valence-electron chi connectivity index (χ3n) is 5.62. The van der Waals surface area contributed by atoms with Gasteiger partial charge in [0, 0.05) is 5.92 Å². The third kappa shape index (κ3) is 2.71. The van der Waals surface area contributed by atoms with Crippen LogP contribution in [0.5, 0.6) is 0 Å². The molecule has 4 rings (SSSR count). The Morgan fingerprint density at radius 2 is 2.00 bits per heavy atom. The molecule has 0 fully saturated rings. The fraction of sp³-hybridized carbons (Fsp3) is 0.318. The molecular formula is C22H22ClNO2. The summed E-state index contributed by atoms with van der Waals surface area (Å²) in [7, 11) is 1.42. The number of methoxy groups -OCH3 is 1. The van der Waals surface area contributed by atoms with E-state index in [1.54, 1.807) is 12.1 Å². The van der Waals surface area contributed by atoms with Gasteiger partial charge < -0.3 is 10.1 Å². The quantitative estimate of drug-likeness (QED) is 0.573. The lowest BCUT2D eigenvalue weighted by atomic mass is 9.75. The van der Waals surface area contributed by atoms with E-state index in [4.69, 9.17) is 16.3 Å². The summed E-state index contributed by atoms with van der Waals surface area (Å²) in [5.41, 5.74) is 5.00. The third-order valence-corrected chi connectivity index (χ3v) is 5.94. The summed E-state index contributed by atoms with van der Waals surface area (Å²) in [6.07, 6.45) is 6.43. The number of hydrogen-bond acceptors (Lipinski definition) is 3. The second-order valence-electron chi connectivity index (χ2n) is 6.95. The van der Waals surface area contributed by atoms with E-state index in [1.807, 2.05) is 0 Å². The highest BCUT2D eigenvalue weighted by molar-refractivity contribution is 6.33. The molecule has 0 unspecified atom stereocenters. The maximum absolute atomic E-state index is 12.3. The zero-order chi connectivity index (χ0) is 18.3. The number of rotatable bonds is 3. The van der Waals surface area contributed by atoms with Crippen molar-refractivity contribution in [3.8, 4) is 0 Å². The van der Waals surface area contributed by atoms with E-state index >= 15 is 0 Å². The molecular weight excluding hydrogens is 346 g/mol. The molecule has 1 aliphatic carbocycles. The van der Waals surface area contributed by atoms with Crippen LogP contribution in [0.15, 0.2) is 48.6 Å². The molecule has 4 heteroatoms. The summed E-state index contributed by atoms with van der Waals surface area (Å²) in [6.45, 7) is 2.16. The first-order valence-electron chi connectivity index (χ1n) is 9.06. The van der Waals surface area contributed by atoms with Crippen LogP contribution in [-0.4, -0.2) is 13.1 Å². The number of carbonyl (C=O) groups is 1. The van der Waals surface area contributed by atoms with Gasteiger partial charge in [0.2, 0.25) is 0 Å². The fourth-order valence-corrected chi connectivity index (χ4v) is 4.47. The maximum atomic E-state index is 12.3. The summed E-state index contributed by atoms with van der Waals surface area (Å²) in [6, 6.07) is 12.5. The normalized spacial score (nSPS) is 23.1. The first-order valence-corrected chi connectivity index (χ1v) is 9.44. The topological polar surface area (TPSA) is 38.3 Å². The first kappa shape index (κ1) is 17.2. The highest BCUT2D eigenvalue weighted by Crippen LogP contribution is 2.52. The standard InChI is InChI=1S/C22H22ClNO2/c1-3-13-7-9-14(10-8-13)20-16-6-4-5-15(16)19-17(22(25)26-2)11-12-18(23)21(19)24-20/h4-5,7-12,15-16,20,24H,3,6H2,1-2H3/t15-,16+,20-/m0/s1. The minimum Gasteiger partial charge on any atom is -0.465 e. The summed E-state index contributed by atoms with van der Waals surface area (Å²) < 4.78 is 4.99. The van der Waals surface area contributed by atoms with E-state index in [0.29, 0.717) is 16.5 Å². The van der Waals surface area contributed by atoms with Gasteiger partial charge in [-0.25, -0.2) is 4.79 Å². The zero-order valence-electron chi connectivity index (χ0n) is 15.0. The Balaban J connectivity index is 1.81. The van der Waals surface area contributed by atoms with Gasteiger partial charge in [-0.15, -0.1) is 0 Å². The van der Waals surface area contributed by atoms with Gasteiger partial charge in [-0.05, 0) is 47.6 Å². The Hall–Kier alpha value is -2.26. The van der Waals surface area contributed by atoms with Crippen LogP contribution in [0.2, 0.25) is 5.02 Å². The Labute approximate surface area is 159 Å². The molecule has 2 aromatic carbocycles. The Bertz CT molecular complexity index is 872. The number of fused-ring (bicyclic) bond motifs is 3. The molecule has 26 heavy (non-hydrogen) atoms. The van der Waals surface area contributed by atoms with Crippen molar-refractivity contribution in [3.63, 3.8) is 0 Å². The van der Waals surface area contributed by atoms with E-state index in [-0.39, 0.29) is 17.9 Å². The van der Waals surface area contributed by atoms with Crippen LogP contribution < -0.4 is 5.32 Å². The average Bonchev–Trinajstić information content (AvgIpc) is 3.17. The van der Waals surface area contributed by atoms with Gasteiger partial charge in [0.15, 0.2) is 0 Å². The van der Waals surface area contributed by atoms with Crippen LogP contribution in [-0.2, 0) is 11.2 Å². The van der Waals surface area contributed by atoms with Crippen molar-refractivity contribution in [2.45, 2.75) is 31.7 Å². The van der Waals surface area contributed by atoms with E-state index in [2.05, 4.69) is 48.7 Å². The van der Waals surface area contributed by atoms with Crippen LogP contribution >= 0.6 is 11.6 Å². The molecule has 0 saturated carbocycles. The predicted molar refractivity (Wildman–Crippen MR) is 105 cm³/mol. The number of hydrogen-bond donors (Lipinski definition) is 1. The molecule has 2 aromatic rings. The van der Waals surface area contributed by atoms with Crippen molar-refractivity contribution in [3.05, 3.63) is 75.8 Å². The van der Waals surface area contributed by atoms with Crippen LogP contribution in [0.3, 0.4) is 0 Å². The van der Waals surface area contributed by atoms with Gasteiger partial charge >= 0.3 is 5.97 Å². The highest BCUT2D eigenvalue weighted by Gasteiger charge is 2.40. The molecule has 1 N–H and O–H groups in total. The van der Waals surface area contributed by atoms with Crippen LogP contribution in [0.25, 0.3) is 0 Å². The molecule has 1 heterocycles. The van der Waals surface area contributed by atoms with E-state index in [0.717, 1.165) is 24.1 Å². The van der Waals surface area contributed by atoms with Crippen LogP contribution in [0.4, 0.5) is 5.69 Å². The number of anilines is 1. The van der Waals surface area contributed by atoms with Gasteiger partial charge in [-0.3, -0.25) is 0 Å². The largest absolute Gasteiger partial charge is 0.465 e. The van der Waals surface area contributed by atoms with E-state index in [9.17, 15) is 4.79 Å². The number of ether oxygens (including phenoxy) is 1. The number of benzene rings is 2. The number of aryl methyl sites for hydroxylation is 1. The minimum absolute atomic E-state index is 0.162. The molecule has 3 nitrogen and oxygen atoms in total. The first-order chi connectivity index (χ1) is 12.6. The SMILES string of the molecule is CCc1ccc([C@@H]2Nc3c(Cl)ccc(C(=O)OC)c3[C@H]3C=CC[C@H]32)cc1. The maximum Gasteiger partial charge on any atom is 0.338 e. The Morgan fingerprint density at radius 3 is 2.69 bits per heavy atom. The smallest absolute Gasteiger partial charge is 0.338 e. The number of carbonyl (C=O) groups excluding carboxylic acids is 1. The molecule has 0 bridgehead atoms. The summed E-state index contributed by atoms with van der Waals surface area (Å²) in [5, 5.41) is 4.27. The lowest BCUT2D eigenvalue weighted by Gasteiger charge is -2.38. The second kappa shape index (κ2) is 6.81. The van der Waals surface area contributed by atoms with E-state index < -0.39 is 0 Å². The lowest BCUT2D eigenvalue weighted by Crippen LogP contribution is -2.30. The van der Waals surface area contributed by atoms with Gasteiger partial charge in [0.25, 0.3) is 0 Å². The minimum atomic E-state index is -0.315. The fourth-order valence-electron chi connectivity index (χ4n) is 4.25. The van der Waals surface area contributed by atoms with Gasteiger partial charge in [-0.1, -0.05) is 54.9 Å². The van der Waals surface area contributed by atoms with Crippen molar-refractivity contribution in [2.75, 3.05) is 12.4 Å². The molecule has 0 amide bonds. The van der Waals surface area contributed by atoms with Gasteiger partial charge in [0.1, 0.15) is 0 Å². The highest BCUT2D eigenvalue weighted by atomic mass is 35.5. The second-order valence-corrected chi connectivity index (χ2v) is 7.35. The Morgan fingerprint density at radius 1 is 1.23 bits per heavy atom. The molecule has 0 aromatic heterocycles. The predicted octanol–water partition coefficient (Wildman–Crippen LogP) is 5.52. The average molecular weight is 368 g/mol. The molecule has 0 saturated heterocycles. The van der Waals surface area contributed by atoms with E-state index in [1.165, 1.54) is 18.2 Å². The van der Waals surface area contributed by atoms with Crippen LogP contribution in [0, 0.1) is 5.92 Å². The number of esters is 1. The van der Waals surface area contributed by atoms with Crippen molar-refractivity contribution in [1.29, 1.82) is 0 Å². The summed E-state index contributed by atoms with van der Waals surface area (Å²) in [4.78, 5) is 12.3. The van der Waals surface area contributed by atoms with Crippen molar-refractivity contribution in [2.24, 2.45) is 5.92 Å². The lowest BCUT2D eigenvalue weighted by molar-refractivity contribution is 0.0598. The summed E-state index contributed by atoms with van der Waals surface area (Å²) >= 11 is 6.51. The number of allylic oxidation sites excluding steroid dienone is 2. The van der Waals surface area contributed by atoms with Gasteiger partial charge in [-0.2, -0.15) is 0 Å². The molecule has 3 atom stereocenters. The number of nitrogens with one attached hydrogen (secondary N) is 1. The van der Waals surface area contributed by atoms with Gasteiger partial charge in [0.05, 0.1) is 29.4 Å². The van der Waals surface area contributed by atoms with Crippen molar-refractivity contribution in [1.82, 2.24) is 0 Å². The summed E-state index contributed by atoms with van der Waals surface area (Å²) in [5.74, 6) is 0.205. The molecule has 1 aliphatic heterocycles. The van der Waals surface area contributed by atoms with Crippen molar-refractivity contribution >= 4 is 23.3 Å². The number of halogens is 1. The molecule has 0 spiro atoms. The van der Waals surface area contributed by atoms with Crippen molar-refractivity contribution < 1.29 is 9.53 Å². The Kier molecular flexibility index (Phi) is 4.49.